The number of nitrogens with one attached hydrogen (secondary N) is 1. The van der Waals surface area contributed by atoms with Crippen LogP contribution in [0, 0.1) is 0 Å². The number of hydrogen-bond donors (Lipinski definition) is 1. The Hall–Kier alpha value is -3.60. The summed E-state index contributed by atoms with van der Waals surface area (Å²) in [5.41, 5.74) is 5.42. The number of aldehydes is 1. The van der Waals surface area contributed by atoms with E-state index >= 15 is 0 Å². The maximum Gasteiger partial charge on any atom is 0.407 e. The Balaban J connectivity index is 1.34. The summed E-state index contributed by atoms with van der Waals surface area (Å²) in [6.07, 6.45) is 5.08. The summed E-state index contributed by atoms with van der Waals surface area (Å²) in [5.74, 6) is 0.298. The lowest BCUT2D eigenvalue weighted by Crippen LogP contribution is -2.26. The van der Waals surface area contributed by atoms with Crippen LogP contribution in [0.3, 0.4) is 0 Å². The van der Waals surface area contributed by atoms with Crippen molar-refractivity contribution in [2.45, 2.75) is 5.92 Å². The Kier molecular flexibility index (Phi) is 5.06. The monoisotopic (exact) mass is 373 g/mol. The van der Waals surface area contributed by atoms with Crippen molar-refractivity contribution in [1.82, 2.24) is 5.32 Å². The van der Waals surface area contributed by atoms with Gasteiger partial charge in [0.15, 0.2) is 12.0 Å². The van der Waals surface area contributed by atoms with Crippen LogP contribution in [0.4, 0.5) is 4.79 Å². The SMILES string of the molecule is O=Cc1occc1C=CCNC(=O)OCC1c2ccccc2-c2ccccc21. The van der Waals surface area contributed by atoms with Crippen LogP contribution in [0.15, 0.2) is 71.4 Å². The average molecular weight is 373 g/mol. The van der Waals surface area contributed by atoms with E-state index in [0.29, 0.717) is 18.4 Å². The van der Waals surface area contributed by atoms with E-state index in [1.54, 1.807) is 18.2 Å². The highest BCUT2D eigenvalue weighted by Gasteiger charge is 2.28. The minimum absolute atomic E-state index is 0.0368. The van der Waals surface area contributed by atoms with Gasteiger partial charge in [0, 0.05) is 18.0 Å². The first-order valence-electron chi connectivity index (χ1n) is 9.06. The molecule has 1 aliphatic rings. The fourth-order valence-electron chi connectivity index (χ4n) is 3.54. The first kappa shape index (κ1) is 17.8. The van der Waals surface area contributed by atoms with Gasteiger partial charge in [0.05, 0.1) is 6.26 Å². The van der Waals surface area contributed by atoms with E-state index in [2.05, 4.69) is 29.6 Å². The molecule has 0 unspecified atom stereocenters. The second kappa shape index (κ2) is 7.96. The number of alkyl carbamates (subject to hydrolysis) is 1. The second-order valence-corrected chi connectivity index (χ2v) is 6.47. The van der Waals surface area contributed by atoms with Crippen molar-refractivity contribution in [3.63, 3.8) is 0 Å². The van der Waals surface area contributed by atoms with E-state index in [0.717, 1.165) is 0 Å². The number of hydrogen-bond acceptors (Lipinski definition) is 4. The molecule has 0 radical (unpaired) electrons. The van der Waals surface area contributed by atoms with Crippen molar-refractivity contribution in [3.8, 4) is 11.1 Å². The highest BCUT2D eigenvalue weighted by atomic mass is 16.5. The van der Waals surface area contributed by atoms with Crippen LogP contribution >= 0.6 is 0 Å². The maximum atomic E-state index is 12.1. The molecule has 28 heavy (non-hydrogen) atoms. The van der Waals surface area contributed by atoms with Gasteiger partial charge < -0.3 is 14.5 Å². The number of amides is 1. The number of furan rings is 1. The molecular formula is C23H19NO4. The molecule has 3 aromatic rings. The van der Waals surface area contributed by atoms with E-state index in [9.17, 15) is 9.59 Å². The van der Waals surface area contributed by atoms with Gasteiger partial charge in [-0.25, -0.2) is 4.79 Å². The third kappa shape index (κ3) is 3.47. The number of rotatable bonds is 6. The number of carbonyl (C=O) groups excluding carboxylic acids is 2. The minimum atomic E-state index is -0.477. The Morgan fingerprint density at radius 2 is 1.71 bits per heavy atom. The highest BCUT2D eigenvalue weighted by molar-refractivity contribution is 5.79. The molecule has 4 rings (SSSR count). The molecule has 5 nitrogen and oxygen atoms in total. The van der Waals surface area contributed by atoms with Gasteiger partial charge in [0.25, 0.3) is 0 Å². The molecule has 0 saturated carbocycles. The topological polar surface area (TPSA) is 68.5 Å². The zero-order valence-electron chi connectivity index (χ0n) is 15.1. The van der Waals surface area contributed by atoms with Crippen LogP contribution in [0.5, 0.6) is 0 Å². The van der Waals surface area contributed by atoms with Crippen molar-refractivity contribution in [3.05, 3.63) is 89.4 Å². The highest BCUT2D eigenvalue weighted by Crippen LogP contribution is 2.44. The molecule has 1 N–H and O–H groups in total. The first-order chi connectivity index (χ1) is 13.8. The van der Waals surface area contributed by atoms with Gasteiger partial charge >= 0.3 is 6.09 Å². The third-order valence-corrected chi connectivity index (χ3v) is 4.84. The van der Waals surface area contributed by atoms with Gasteiger partial charge in [0.1, 0.15) is 6.61 Å². The molecular weight excluding hydrogens is 354 g/mol. The summed E-state index contributed by atoms with van der Waals surface area (Å²) in [7, 11) is 0. The molecule has 5 heteroatoms. The van der Waals surface area contributed by atoms with E-state index in [-0.39, 0.29) is 18.3 Å². The zero-order valence-corrected chi connectivity index (χ0v) is 15.1. The average Bonchev–Trinajstić information content (AvgIpc) is 3.32. The number of benzene rings is 2. The van der Waals surface area contributed by atoms with Gasteiger partial charge in [-0.05, 0) is 28.3 Å². The summed E-state index contributed by atoms with van der Waals surface area (Å²) in [4.78, 5) is 22.9. The number of ether oxygens (including phenoxy) is 1. The molecule has 1 amide bonds. The first-order valence-corrected chi connectivity index (χ1v) is 9.06. The molecule has 2 aromatic carbocycles. The number of fused-ring (bicyclic) bond motifs is 3. The molecule has 0 atom stereocenters. The predicted octanol–water partition coefficient (Wildman–Crippen LogP) is 4.64. The van der Waals surface area contributed by atoms with Crippen LogP contribution in [0.1, 0.15) is 33.2 Å². The van der Waals surface area contributed by atoms with Crippen LogP contribution < -0.4 is 5.32 Å². The molecule has 0 saturated heterocycles. The third-order valence-electron chi connectivity index (χ3n) is 4.84. The van der Waals surface area contributed by atoms with Crippen LogP contribution in [0.2, 0.25) is 0 Å². The van der Waals surface area contributed by atoms with Crippen LogP contribution in [-0.2, 0) is 4.74 Å². The van der Waals surface area contributed by atoms with Gasteiger partial charge in [-0.2, -0.15) is 0 Å². The Labute approximate surface area is 162 Å². The largest absolute Gasteiger partial charge is 0.461 e. The minimum Gasteiger partial charge on any atom is -0.461 e. The Bertz CT molecular complexity index is 989. The normalized spacial score (nSPS) is 12.6. The standard InChI is InChI=1S/C23H19NO4/c25-14-22-16(11-13-27-22)6-5-12-24-23(26)28-15-21-19-9-3-1-7-17(19)18-8-2-4-10-20(18)21/h1-11,13-14,21H,12,15H2,(H,24,26). The second-order valence-electron chi connectivity index (χ2n) is 6.47. The maximum absolute atomic E-state index is 12.1. The lowest BCUT2D eigenvalue weighted by atomic mass is 9.98. The number of carbonyl (C=O) groups is 2. The Morgan fingerprint density at radius 3 is 2.39 bits per heavy atom. The quantitative estimate of drug-likeness (QED) is 0.639. The Morgan fingerprint density at radius 1 is 1.04 bits per heavy atom. The summed E-state index contributed by atoms with van der Waals surface area (Å²) in [6.45, 7) is 0.570. The molecule has 140 valence electrons. The molecule has 1 aliphatic carbocycles. The summed E-state index contributed by atoms with van der Waals surface area (Å²) >= 11 is 0. The van der Waals surface area contributed by atoms with E-state index in [1.807, 2.05) is 24.3 Å². The van der Waals surface area contributed by atoms with E-state index in [4.69, 9.17) is 9.15 Å². The zero-order chi connectivity index (χ0) is 19.3. The van der Waals surface area contributed by atoms with Crippen LogP contribution in [-0.4, -0.2) is 25.5 Å². The fourth-order valence-corrected chi connectivity index (χ4v) is 3.54. The fraction of sp³-hybridized carbons (Fsp3) is 0.130. The molecule has 0 fully saturated rings. The smallest absolute Gasteiger partial charge is 0.407 e. The molecule has 0 bridgehead atoms. The molecule has 1 aromatic heterocycles. The van der Waals surface area contributed by atoms with Crippen molar-refractivity contribution < 1.29 is 18.7 Å². The van der Waals surface area contributed by atoms with Crippen molar-refractivity contribution in [1.29, 1.82) is 0 Å². The van der Waals surface area contributed by atoms with Gasteiger partial charge in [-0.3, -0.25) is 4.79 Å². The molecule has 0 aliphatic heterocycles. The summed E-state index contributed by atoms with van der Waals surface area (Å²) in [6, 6.07) is 18.1. The summed E-state index contributed by atoms with van der Waals surface area (Å²) < 4.78 is 10.5. The molecule has 1 heterocycles. The lowest BCUT2D eigenvalue weighted by Gasteiger charge is -2.14. The van der Waals surface area contributed by atoms with Gasteiger partial charge in [-0.1, -0.05) is 60.7 Å². The van der Waals surface area contributed by atoms with Gasteiger partial charge in [0.2, 0.25) is 0 Å². The van der Waals surface area contributed by atoms with Crippen molar-refractivity contribution >= 4 is 18.5 Å². The molecule has 0 spiro atoms. The van der Waals surface area contributed by atoms with E-state index in [1.165, 1.54) is 28.5 Å². The summed E-state index contributed by atoms with van der Waals surface area (Å²) in [5, 5.41) is 2.69. The van der Waals surface area contributed by atoms with Gasteiger partial charge in [-0.15, -0.1) is 0 Å². The van der Waals surface area contributed by atoms with E-state index < -0.39 is 6.09 Å². The van der Waals surface area contributed by atoms with Crippen LogP contribution in [0.25, 0.3) is 17.2 Å². The van der Waals surface area contributed by atoms with Crippen molar-refractivity contribution in [2.75, 3.05) is 13.2 Å². The van der Waals surface area contributed by atoms with Crippen molar-refractivity contribution in [2.24, 2.45) is 0 Å². The predicted molar refractivity (Wildman–Crippen MR) is 106 cm³/mol. The lowest BCUT2D eigenvalue weighted by molar-refractivity contribution is 0.110.